The fourth-order valence-electron chi connectivity index (χ4n) is 2.63. The summed E-state index contributed by atoms with van der Waals surface area (Å²) >= 11 is 1.58. The number of ether oxygens (including phenoxy) is 1. The van der Waals surface area contributed by atoms with E-state index in [-0.39, 0.29) is 5.91 Å². The molecule has 5 nitrogen and oxygen atoms in total. The number of fused-ring (bicyclic) bond motifs is 1. The highest BCUT2D eigenvalue weighted by atomic mass is 32.1. The van der Waals surface area contributed by atoms with Gasteiger partial charge >= 0.3 is 0 Å². The molecule has 0 fully saturated rings. The molecule has 4 rings (SSSR count). The Kier molecular flexibility index (Phi) is 4.60. The van der Waals surface area contributed by atoms with Crippen LogP contribution in [0.15, 0.2) is 66.3 Å². The number of halogens is 1. The number of amides is 1. The summed E-state index contributed by atoms with van der Waals surface area (Å²) in [7, 11) is 0. The topological polar surface area (TPSA) is 55.6 Å². The normalized spacial score (nSPS) is 12.1. The average Bonchev–Trinajstić information content (AvgIpc) is 3.24. The number of carbonyl (C=O) groups is 1. The summed E-state index contributed by atoms with van der Waals surface area (Å²) < 4.78 is 20.7. The van der Waals surface area contributed by atoms with E-state index in [1.165, 1.54) is 18.2 Å². The van der Waals surface area contributed by atoms with E-state index >= 15 is 0 Å². The summed E-state index contributed by atoms with van der Waals surface area (Å²) in [6, 6.07) is 13.1. The highest BCUT2D eigenvalue weighted by Crippen LogP contribution is 2.23. The molecule has 1 atom stereocenters. The minimum atomic E-state index is -0.758. The third-order valence-electron chi connectivity index (χ3n) is 4.02. The van der Waals surface area contributed by atoms with Crippen LogP contribution in [0.3, 0.4) is 0 Å². The standard InChI is InChI=1S/C20H16FN3O2S/c1-13(26-17-4-2-3-15(21)11-17)19(25)22-16-7-5-14(6-8-16)18-12-24-9-10-27-20(24)23-18/h2-13H,1H3,(H,22,25). The van der Waals surface area contributed by atoms with Crippen LogP contribution < -0.4 is 10.1 Å². The molecule has 1 unspecified atom stereocenters. The molecular formula is C20H16FN3O2S. The van der Waals surface area contributed by atoms with Gasteiger partial charge in [-0.25, -0.2) is 9.37 Å². The zero-order chi connectivity index (χ0) is 18.8. The molecule has 1 N–H and O–H groups in total. The van der Waals surface area contributed by atoms with Crippen molar-refractivity contribution in [1.82, 2.24) is 9.38 Å². The number of anilines is 1. The van der Waals surface area contributed by atoms with Crippen molar-refractivity contribution >= 4 is 27.9 Å². The van der Waals surface area contributed by atoms with E-state index in [4.69, 9.17) is 4.74 Å². The van der Waals surface area contributed by atoms with Crippen LogP contribution in [-0.2, 0) is 4.79 Å². The molecule has 1 amide bonds. The zero-order valence-electron chi connectivity index (χ0n) is 14.4. The molecule has 0 saturated carbocycles. The average molecular weight is 381 g/mol. The molecule has 0 bridgehead atoms. The molecule has 7 heteroatoms. The molecule has 0 radical (unpaired) electrons. The molecular weight excluding hydrogens is 365 g/mol. The Labute approximate surface area is 159 Å². The van der Waals surface area contributed by atoms with Crippen LogP contribution in [-0.4, -0.2) is 21.4 Å². The third-order valence-corrected chi connectivity index (χ3v) is 4.79. The number of thiazole rings is 1. The van der Waals surface area contributed by atoms with Crippen LogP contribution in [0, 0.1) is 5.82 Å². The van der Waals surface area contributed by atoms with Crippen molar-refractivity contribution in [2.24, 2.45) is 0 Å². The molecule has 0 aliphatic heterocycles. The highest BCUT2D eigenvalue weighted by Gasteiger charge is 2.15. The summed E-state index contributed by atoms with van der Waals surface area (Å²) in [5.74, 6) is -0.405. The number of imidazole rings is 1. The van der Waals surface area contributed by atoms with Crippen LogP contribution in [0.1, 0.15) is 6.92 Å². The molecule has 2 heterocycles. The van der Waals surface area contributed by atoms with Crippen LogP contribution >= 0.6 is 11.3 Å². The summed E-state index contributed by atoms with van der Waals surface area (Å²) in [5.41, 5.74) is 2.50. The van der Waals surface area contributed by atoms with E-state index < -0.39 is 11.9 Å². The Balaban J connectivity index is 1.41. The number of benzene rings is 2. The summed E-state index contributed by atoms with van der Waals surface area (Å²) in [6.45, 7) is 1.62. The predicted octanol–water partition coefficient (Wildman–Crippen LogP) is 4.61. The Morgan fingerprint density at radius 3 is 2.81 bits per heavy atom. The van der Waals surface area contributed by atoms with Gasteiger partial charge in [0, 0.05) is 35.1 Å². The van der Waals surface area contributed by atoms with Crippen molar-refractivity contribution in [3.63, 3.8) is 0 Å². The molecule has 27 heavy (non-hydrogen) atoms. The minimum absolute atomic E-state index is 0.311. The van der Waals surface area contributed by atoms with E-state index in [2.05, 4.69) is 10.3 Å². The number of carbonyl (C=O) groups excluding carboxylic acids is 1. The van der Waals surface area contributed by atoms with E-state index in [0.29, 0.717) is 11.4 Å². The third kappa shape index (κ3) is 3.83. The van der Waals surface area contributed by atoms with Gasteiger partial charge in [-0.1, -0.05) is 18.2 Å². The highest BCUT2D eigenvalue weighted by molar-refractivity contribution is 7.15. The van der Waals surface area contributed by atoms with Crippen LogP contribution in [0.2, 0.25) is 0 Å². The monoisotopic (exact) mass is 381 g/mol. The van der Waals surface area contributed by atoms with Crippen LogP contribution in [0.5, 0.6) is 5.75 Å². The molecule has 0 spiro atoms. The Hall–Kier alpha value is -3.19. The van der Waals surface area contributed by atoms with Crippen molar-refractivity contribution in [2.45, 2.75) is 13.0 Å². The Bertz CT molecular complexity index is 1060. The lowest BCUT2D eigenvalue weighted by molar-refractivity contribution is -0.122. The van der Waals surface area contributed by atoms with Gasteiger partial charge in [-0.3, -0.25) is 9.20 Å². The maximum Gasteiger partial charge on any atom is 0.265 e. The van der Waals surface area contributed by atoms with Gasteiger partial charge in [0.2, 0.25) is 0 Å². The lowest BCUT2D eigenvalue weighted by atomic mass is 10.1. The van der Waals surface area contributed by atoms with Gasteiger partial charge in [-0.15, -0.1) is 11.3 Å². The lowest BCUT2D eigenvalue weighted by Gasteiger charge is -2.15. The quantitative estimate of drug-likeness (QED) is 0.549. The lowest BCUT2D eigenvalue weighted by Crippen LogP contribution is -2.30. The first kappa shape index (κ1) is 17.2. The second kappa shape index (κ2) is 7.20. The van der Waals surface area contributed by atoms with Gasteiger partial charge < -0.3 is 10.1 Å². The number of nitrogens with zero attached hydrogens (tertiary/aromatic N) is 2. The first-order chi connectivity index (χ1) is 13.1. The maximum atomic E-state index is 13.2. The fraction of sp³-hybridized carbons (Fsp3) is 0.100. The zero-order valence-corrected chi connectivity index (χ0v) is 15.2. The van der Waals surface area contributed by atoms with Gasteiger partial charge in [0.1, 0.15) is 11.6 Å². The number of aromatic nitrogens is 2. The van der Waals surface area contributed by atoms with Gasteiger partial charge in [-0.2, -0.15) is 0 Å². The van der Waals surface area contributed by atoms with E-state index in [0.717, 1.165) is 16.2 Å². The van der Waals surface area contributed by atoms with Gasteiger partial charge in [-0.05, 0) is 31.2 Å². The van der Waals surface area contributed by atoms with Crippen molar-refractivity contribution in [3.8, 4) is 17.0 Å². The first-order valence-electron chi connectivity index (χ1n) is 8.34. The second-order valence-electron chi connectivity index (χ2n) is 6.00. The summed E-state index contributed by atoms with van der Waals surface area (Å²) in [6.07, 6.45) is 3.17. The second-order valence-corrected chi connectivity index (χ2v) is 6.88. The number of hydrogen-bond acceptors (Lipinski definition) is 4. The maximum absolute atomic E-state index is 13.2. The van der Waals surface area contributed by atoms with Crippen molar-refractivity contribution < 1.29 is 13.9 Å². The molecule has 136 valence electrons. The van der Waals surface area contributed by atoms with E-state index in [1.54, 1.807) is 24.3 Å². The largest absolute Gasteiger partial charge is 0.481 e. The van der Waals surface area contributed by atoms with Gasteiger partial charge in [0.25, 0.3) is 5.91 Å². The van der Waals surface area contributed by atoms with Crippen molar-refractivity contribution in [1.29, 1.82) is 0 Å². The summed E-state index contributed by atoms with van der Waals surface area (Å²) in [5, 5.41) is 4.78. The Morgan fingerprint density at radius 1 is 1.26 bits per heavy atom. The SMILES string of the molecule is CC(Oc1cccc(F)c1)C(=O)Nc1ccc(-c2cn3ccsc3n2)cc1. The Morgan fingerprint density at radius 2 is 2.07 bits per heavy atom. The van der Waals surface area contributed by atoms with E-state index in [1.807, 2.05) is 46.4 Å². The van der Waals surface area contributed by atoms with Crippen molar-refractivity contribution in [3.05, 3.63) is 72.1 Å². The number of nitrogens with one attached hydrogen (secondary N) is 1. The number of hydrogen-bond donors (Lipinski definition) is 1. The van der Waals surface area contributed by atoms with Gasteiger partial charge in [0.05, 0.1) is 5.69 Å². The summed E-state index contributed by atoms with van der Waals surface area (Å²) in [4.78, 5) is 17.8. The van der Waals surface area contributed by atoms with Gasteiger partial charge in [0.15, 0.2) is 11.1 Å². The van der Waals surface area contributed by atoms with Crippen molar-refractivity contribution in [2.75, 3.05) is 5.32 Å². The molecule has 2 aromatic heterocycles. The molecule has 4 aromatic rings. The molecule has 0 saturated heterocycles. The first-order valence-corrected chi connectivity index (χ1v) is 9.22. The van der Waals surface area contributed by atoms with Crippen LogP contribution in [0.25, 0.3) is 16.2 Å². The van der Waals surface area contributed by atoms with E-state index in [9.17, 15) is 9.18 Å². The fourth-order valence-corrected chi connectivity index (χ4v) is 3.33. The molecule has 0 aliphatic carbocycles. The molecule has 0 aliphatic rings. The molecule has 2 aromatic carbocycles. The number of rotatable bonds is 5. The van der Waals surface area contributed by atoms with Crippen LogP contribution in [0.4, 0.5) is 10.1 Å². The smallest absolute Gasteiger partial charge is 0.265 e. The minimum Gasteiger partial charge on any atom is -0.481 e. The predicted molar refractivity (Wildman–Crippen MR) is 104 cm³/mol.